The van der Waals surface area contributed by atoms with Crippen molar-refractivity contribution in [3.8, 4) is 11.5 Å². The summed E-state index contributed by atoms with van der Waals surface area (Å²) in [5.41, 5.74) is 3.81. The van der Waals surface area contributed by atoms with Crippen molar-refractivity contribution in [1.82, 2.24) is 4.90 Å². The summed E-state index contributed by atoms with van der Waals surface area (Å²) in [5, 5.41) is 9.90. The van der Waals surface area contributed by atoms with Crippen molar-refractivity contribution in [3.63, 3.8) is 0 Å². The topological polar surface area (TPSA) is 32.7 Å². The fourth-order valence-corrected chi connectivity index (χ4v) is 2.77. The van der Waals surface area contributed by atoms with E-state index in [1.54, 1.807) is 7.11 Å². The Morgan fingerprint density at radius 1 is 1.15 bits per heavy atom. The molecule has 2 aromatic rings. The van der Waals surface area contributed by atoms with Gasteiger partial charge in [-0.05, 0) is 35.2 Å². The minimum absolute atomic E-state index is 0.229. The number of fused-ring (bicyclic) bond motifs is 1. The second-order valence-electron chi connectivity index (χ2n) is 5.24. The van der Waals surface area contributed by atoms with E-state index in [0.29, 0.717) is 5.75 Å². The lowest BCUT2D eigenvalue weighted by Crippen LogP contribution is -2.30. The number of phenolic OH excluding ortho intramolecular Hbond substituents is 1. The van der Waals surface area contributed by atoms with Gasteiger partial charge in [0.15, 0.2) is 11.5 Å². The van der Waals surface area contributed by atoms with Crippen molar-refractivity contribution < 1.29 is 9.84 Å². The van der Waals surface area contributed by atoms with Gasteiger partial charge in [-0.2, -0.15) is 0 Å². The van der Waals surface area contributed by atoms with E-state index in [1.165, 1.54) is 16.7 Å². The highest BCUT2D eigenvalue weighted by Crippen LogP contribution is 2.32. The van der Waals surface area contributed by atoms with Gasteiger partial charge >= 0.3 is 0 Å². The van der Waals surface area contributed by atoms with Crippen LogP contribution in [-0.4, -0.2) is 23.7 Å². The van der Waals surface area contributed by atoms with Crippen LogP contribution in [0.3, 0.4) is 0 Å². The van der Waals surface area contributed by atoms with Gasteiger partial charge in [-0.15, -0.1) is 0 Å². The lowest BCUT2D eigenvalue weighted by Gasteiger charge is -2.29. The van der Waals surface area contributed by atoms with E-state index in [-0.39, 0.29) is 5.75 Å². The summed E-state index contributed by atoms with van der Waals surface area (Å²) in [5.74, 6) is 0.799. The molecule has 1 aliphatic heterocycles. The molecule has 3 rings (SSSR count). The van der Waals surface area contributed by atoms with Gasteiger partial charge in [0.2, 0.25) is 0 Å². The van der Waals surface area contributed by atoms with Gasteiger partial charge < -0.3 is 9.84 Å². The van der Waals surface area contributed by atoms with Crippen LogP contribution < -0.4 is 4.74 Å². The van der Waals surface area contributed by atoms with Crippen molar-refractivity contribution >= 4 is 0 Å². The number of methoxy groups -OCH3 is 1. The number of phenols is 1. The molecule has 1 aliphatic rings. The first-order valence-electron chi connectivity index (χ1n) is 6.91. The molecule has 0 saturated carbocycles. The molecule has 104 valence electrons. The third-order valence-corrected chi connectivity index (χ3v) is 3.84. The normalized spacial score (nSPS) is 14.8. The maximum Gasteiger partial charge on any atom is 0.160 e. The Hall–Kier alpha value is -2.00. The average Bonchev–Trinajstić information content (AvgIpc) is 2.47. The Balaban J connectivity index is 1.77. The monoisotopic (exact) mass is 269 g/mol. The van der Waals surface area contributed by atoms with E-state index in [9.17, 15) is 5.11 Å². The third kappa shape index (κ3) is 2.63. The fourth-order valence-electron chi connectivity index (χ4n) is 2.77. The van der Waals surface area contributed by atoms with Gasteiger partial charge in [0.1, 0.15) is 0 Å². The fraction of sp³-hybridized carbons (Fsp3) is 0.294. The molecule has 2 aromatic carbocycles. The molecular weight excluding hydrogens is 250 g/mol. The van der Waals surface area contributed by atoms with Gasteiger partial charge in [-0.3, -0.25) is 4.90 Å². The molecule has 0 saturated heterocycles. The summed E-state index contributed by atoms with van der Waals surface area (Å²) in [6.07, 6.45) is 0.999. The van der Waals surface area contributed by atoms with Crippen LogP contribution in [0.1, 0.15) is 16.7 Å². The van der Waals surface area contributed by atoms with Crippen LogP contribution >= 0.6 is 0 Å². The summed E-state index contributed by atoms with van der Waals surface area (Å²) in [7, 11) is 1.59. The molecule has 1 N–H and O–H groups in total. The average molecular weight is 269 g/mol. The number of benzene rings is 2. The number of rotatable bonds is 3. The lowest BCUT2D eigenvalue weighted by molar-refractivity contribution is 0.244. The van der Waals surface area contributed by atoms with Crippen molar-refractivity contribution in [1.29, 1.82) is 0 Å². The molecule has 0 aliphatic carbocycles. The van der Waals surface area contributed by atoms with Gasteiger partial charge in [-0.1, -0.05) is 30.3 Å². The summed E-state index contributed by atoms with van der Waals surface area (Å²) in [4.78, 5) is 2.41. The van der Waals surface area contributed by atoms with Crippen LogP contribution in [-0.2, 0) is 19.5 Å². The smallest absolute Gasteiger partial charge is 0.160 e. The zero-order valence-corrected chi connectivity index (χ0v) is 11.7. The first-order chi connectivity index (χ1) is 9.76. The highest BCUT2D eigenvalue weighted by atomic mass is 16.5. The van der Waals surface area contributed by atoms with E-state index >= 15 is 0 Å². The standard InChI is InChI=1S/C17H19NO2/c1-20-17-10-14-7-8-18(12-15(14)9-16(17)19)11-13-5-3-2-4-6-13/h2-6,9-10,19H,7-8,11-12H2,1H3. The predicted molar refractivity (Wildman–Crippen MR) is 78.9 cm³/mol. The molecule has 0 spiro atoms. The minimum Gasteiger partial charge on any atom is -0.504 e. The molecule has 0 radical (unpaired) electrons. The minimum atomic E-state index is 0.229. The molecule has 20 heavy (non-hydrogen) atoms. The van der Waals surface area contributed by atoms with E-state index < -0.39 is 0 Å². The number of hydrogen-bond acceptors (Lipinski definition) is 3. The second-order valence-corrected chi connectivity index (χ2v) is 5.24. The van der Waals surface area contributed by atoms with E-state index in [0.717, 1.165) is 26.1 Å². The molecule has 0 aromatic heterocycles. The van der Waals surface area contributed by atoms with E-state index in [1.807, 2.05) is 18.2 Å². The maximum atomic E-state index is 9.90. The van der Waals surface area contributed by atoms with Gasteiger partial charge in [0.05, 0.1) is 7.11 Å². The van der Waals surface area contributed by atoms with Crippen LogP contribution in [0.4, 0.5) is 0 Å². The highest BCUT2D eigenvalue weighted by molar-refractivity contribution is 5.47. The third-order valence-electron chi connectivity index (χ3n) is 3.84. The number of ether oxygens (including phenoxy) is 1. The number of nitrogens with zero attached hydrogens (tertiary/aromatic N) is 1. The van der Waals surface area contributed by atoms with Crippen molar-refractivity contribution in [2.45, 2.75) is 19.5 Å². The summed E-state index contributed by atoms with van der Waals surface area (Å²) >= 11 is 0. The van der Waals surface area contributed by atoms with E-state index in [4.69, 9.17) is 4.74 Å². The first kappa shape index (κ1) is 13.0. The summed E-state index contributed by atoms with van der Waals surface area (Å²) < 4.78 is 5.17. The second kappa shape index (κ2) is 5.55. The molecule has 0 unspecified atom stereocenters. The van der Waals surface area contributed by atoms with Crippen molar-refractivity contribution in [3.05, 3.63) is 59.2 Å². The first-order valence-corrected chi connectivity index (χ1v) is 6.91. The molecule has 0 amide bonds. The van der Waals surface area contributed by atoms with Crippen LogP contribution in [0.5, 0.6) is 11.5 Å². The van der Waals surface area contributed by atoms with Crippen LogP contribution in [0, 0.1) is 0 Å². The quantitative estimate of drug-likeness (QED) is 0.930. The number of hydrogen-bond donors (Lipinski definition) is 1. The summed E-state index contributed by atoms with van der Waals surface area (Å²) in [6.45, 7) is 2.87. The van der Waals surface area contributed by atoms with Crippen LogP contribution in [0.2, 0.25) is 0 Å². The van der Waals surface area contributed by atoms with Crippen molar-refractivity contribution in [2.24, 2.45) is 0 Å². The molecule has 0 atom stereocenters. The highest BCUT2D eigenvalue weighted by Gasteiger charge is 2.18. The lowest BCUT2D eigenvalue weighted by atomic mass is 9.98. The predicted octanol–water partition coefficient (Wildman–Crippen LogP) is 2.96. The van der Waals surface area contributed by atoms with Gasteiger partial charge in [0, 0.05) is 19.6 Å². The van der Waals surface area contributed by atoms with Crippen molar-refractivity contribution in [2.75, 3.05) is 13.7 Å². The Morgan fingerprint density at radius 3 is 2.70 bits per heavy atom. The molecule has 0 bridgehead atoms. The van der Waals surface area contributed by atoms with Crippen LogP contribution in [0.25, 0.3) is 0 Å². The Morgan fingerprint density at radius 2 is 1.95 bits per heavy atom. The molecule has 1 heterocycles. The maximum absolute atomic E-state index is 9.90. The molecule has 3 heteroatoms. The molecule has 3 nitrogen and oxygen atoms in total. The summed E-state index contributed by atoms with van der Waals surface area (Å²) in [6, 6.07) is 14.3. The Bertz CT molecular complexity index is 595. The van der Waals surface area contributed by atoms with Crippen LogP contribution in [0.15, 0.2) is 42.5 Å². The number of aromatic hydroxyl groups is 1. The zero-order chi connectivity index (χ0) is 13.9. The molecular formula is C17H19NO2. The van der Waals surface area contributed by atoms with Gasteiger partial charge in [0.25, 0.3) is 0 Å². The Kier molecular flexibility index (Phi) is 3.61. The van der Waals surface area contributed by atoms with Gasteiger partial charge in [-0.25, -0.2) is 0 Å². The SMILES string of the molecule is COc1cc2c(cc1O)CN(Cc1ccccc1)CC2. The Labute approximate surface area is 119 Å². The zero-order valence-electron chi connectivity index (χ0n) is 11.7. The largest absolute Gasteiger partial charge is 0.504 e. The molecule has 0 fully saturated rings. The van der Waals surface area contributed by atoms with E-state index in [2.05, 4.69) is 29.2 Å².